The molecule has 2 aromatic rings. The summed E-state index contributed by atoms with van der Waals surface area (Å²) in [5.74, 6) is -0.893. The van der Waals surface area contributed by atoms with Crippen LogP contribution in [-0.2, 0) is 14.8 Å². The Kier molecular flexibility index (Phi) is 8.03. The summed E-state index contributed by atoms with van der Waals surface area (Å²) in [5.41, 5.74) is 0.717. The molecule has 0 aromatic heterocycles. The molecule has 1 aliphatic rings. The van der Waals surface area contributed by atoms with Crippen molar-refractivity contribution in [3.63, 3.8) is 0 Å². The monoisotopic (exact) mass is 497 g/mol. The van der Waals surface area contributed by atoms with Crippen LogP contribution in [0, 0.1) is 0 Å². The Morgan fingerprint density at radius 3 is 2.44 bits per heavy atom. The molecular weight excluding hydrogens is 473 g/mol. The number of amides is 2. The topological polar surface area (TPSA) is 95.6 Å². The number of rotatable bonds is 7. The first kappa shape index (κ1) is 24.4. The van der Waals surface area contributed by atoms with Crippen LogP contribution in [-0.4, -0.2) is 39.1 Å². The van der Waals surface area contributed by atoms with E-state index in [1.54, 1.807) is 24.3 Å². The van der Waals surface area contributed by atoms with E-state index in [9.17, 15) is 18.0 Å². The van der Waals surface area contributed by atoms with Gasteiger partial charge in [-0.05, 0) is 43.2 Å². The molecule has 0 aliphatic heterocycles. The maximum Gasteiger partial charge on any atom is 0.253 e. The van der Waals surface area contributed by atoms with Gasteiger partial charge in [-0.3, -0.25) is 13.9 Å². The molecule has 172 valence electrons. The van der Waals surface area contributed by atoms with Crippen molar-refractivity contribution in [2.45, 2.75) is 38.1 Å². The van der Waals surface area contributed by atoms with Crippen LogP contribution in [0.3, 0.4) is 0 Å². The number of nitrogens with one attached hydrogen (secondary N) is 2. The van der Waals surface area contributed by atoms with Gasteiger partial charge in [-0.1, -0.05) is 54.6 Å². The van der Waals surface area contributed by atoms with Crippen molar-refractivity contribution < 1.29 is 18.0 Å². The van der Waals surface area contributed by atoms with Crippen LogP contribution in [0.15, 0.2) is 42.5 Å². The Hall–Kier alpha value is -2.29. The molecule has 1 fully saturated rings. The Morgan fingerprint density at radius 2 is 1.75 bits per heavy atom. The molecule has 32 heavy (non-hydrogen) atoms. The fourth-order valence-corrected chi connectivity index (χ4v) is 4.97. The fourth-order valence-electron chi connectivity index (χ4n) is 3.68. The van der Waals surface area contributed by atoms with E-state index in [1.807, 2.05) is 0 Å². The predicted octanol–water partition coefficient (Wildman–Crippen LogP) is 4.46. The molecule has 0 bridgehead atoms. The summed E-state index contributed by atoms with van der Waals surface area (Å²) in [4.78, 5) is 25.6. The highest BCUT2D eigenvalue weighted by atomic mass is 35.5. The van der Waals surface area contributed by atoms with Crippen LogP contribution in [0.4, 0.5) is 11.4 Å². The molecular formula is C22H25Cl2N3O4S. The first-order valence-electron chi connectivity index (χ1n) is 10.3. The number of hydrogen-bond donors (Lipinski definition) is 2. The molecule has 2 amide bonds. The SMILES string of the molecule is CS(=O)(=O)N(CC(=O)Nc1ccccc1C(=O)NC1CCCCC1)c1cc(Cl)ccc1Cl. The van der Waals surface area contributed by atoms with Gasteiger partial charge in [-0.25, -0.2) is 8.42 Å². The van der Waals surface area contributed by atoms with Gasteiger partial charge in [-0.15, -0.1) is 0 Å². The number of benzene rings is 2. The van der Waals surface area contributed by atoms with Crippen molar-refractivity contribution in [2.75, 3.05) is 22.4 Å². The number of sulfonamides is 1. The molecule has 0 saturated heterocycles. The van der Waals surface area contributed by atoms with Gasteiger partial charge in [0.2, 0.25) is 15.9 Å². The van der Waals surface area contributed by atoms with E-state index in [2.05, 4.69) is 10.6 Å². The lowest BCUT2D eigenvalue weighted by Gasteiger charge is -2.24. The van der Waals surface area contributed by atoms with Crippen LogP contribution >= 0.6 is 23.2 Å². The number of carbonyl (C=O) groups is 2. The van der Waals surface area contributed by atoms with E-state index in [-0.39, 0.29) is 27.7 Å². The summed E-state index contributed by atoms with van der Waals surface area (Å²) < 4.78 is 25.6. The zero-order chi connectivity index (χ0) is 23.3. The molecule has 7 nitrogen and oxygen atoms in total. The Morgan fingerprint density at radius 1 is 1.06 bits per heavy atom. The maximum atomic E-state index is 12.8. The minimum Gasteiger partial charge on any atom is -0.349 e. The molecule has 2 aromatic carbocycles. The normalized spacial score (nSPS) is 14.6. The fraction of sp³-hybridized carbons (Fsp3) is 0.364. The second-order valence-electron chi connectivity index (χ2n) is 7.77. The van der Waals surface area contributed by atoms with Crippen molar-refractivity contribution in [1.29, 1.82) is 0 Å². The third kappa shape index (κ3) is 6.37. The van der Waals surface area contributed by atoms with Crippen molar-refractivity contribution >= 4 is 56.4 Å². The average Bonchev–Trinajstić information content (AvgIpc) is 2.74. The summed E-state index contributed by atoms with van der Waals surface area (Å²) >= 11 is 12.1. The van der Waals surface area contributed by atoms with Gasteiger partial charge in [0.05, 0.1) is 28.2 Å². The second kappa shape index (κ2) is 10.6. The van der Waals surface area contributed by atoms with Crippen molar-refractivity contribution in [3.8, 4) is 0 Å². The smallest absolute Gasteiger partial charge is 0.253 e. The van der Waals surface area contributed by atoms with E-state index in [0.29, 0.717) is 11.3 Å². The average molecular weight is 498 g/mol. The minimum absolute atomic E-state index is 0.0974. The number of hydrogen-bond acceptors (Lipinski definition) is 4. The van der Waals surface area contributed by atoms with Gasteiger partial charge < -0.3 is 10.6 Å². The lowest BCUT2D eigenvalue weighted by molar-refractivity contribution is -0.114. The number of carbonyl (C=O) groups excluding carboxylic acids is 2. The number of halogens is 2. The third-order valence-electron chi connectivity index (χ3n) is 5.25. The van der Waals surface area contributed by atoms with Gasteiger partial charge in [0, 0.05) is 11.1 Å². The second-order valence-corrected chi connectivity index (χ2v) is 10.5. The first-order chi connectivity index (χ1) is 15.1. The number of para-hydroxylation sites is 1. The van der Waals surface area contributed by atoms with Crippen molar-refractivity contribution in [2.24, 2.45) is 0 Å². The highest BCUT2D eigenvalue weighted by Crippen LogP contribution is 2.30. The Bertz CT molecular complexity index is 1100. The highest BCUT2D eigenvalue weighted by molar-refractivity contribution is 7.92. The van der Waals surface area contributed by atoms with Gasteiger partial charge in [0.1, 0.15) is 6.54 Å². The van der Waals surface area contributed by atoms with Crippen LogP contribution in [0.1, 0.15) is 42.5 Å². The quantitative estimate of drug-likeness (QED) is 0.589. The summed E-state index contributed by atoms with van der Waals surface area (Å²) in [7, 11) is -3.84. The standard InChI is InChI=1S/C22H25Cl2N3O4S/c1-32(30,31)27(20-13-15(23)11-12-18(20)24)14-21(28)26-19-10-6-5-9-17(19)22(29)25-16-7-3-2-4-8-16/h5-6,9-13,16H,2-4,7-8,14H2,1H3,(H,25,29)(H,26,28). The number of nitrogens with zero attached hydrogens (tertiary/aromatic N) is 1. The molecule has 1 aliphatic carbocycles. The Labute approximate surface area is 198 Å². The highest BCUT2D eigenvalue weighted by Gasteiger charge is 2.25. The summed E-state index contributed by atoms with van der Waals surface area (Å²) in [6.07, 6.45) is 6.18. The number of anilines is 2. The molecule has 10 heteroatoms. The molecule has 0 atom stereocenters. The Balaban J connectivity index is 1.77. The van der Waals surface area contributed by atoms with E-state index in [1.165, 1.54) is 24.6 Å². The van der Waals surface area contributed by atoms with Gasteiger partial charge in [0.15, 0.2) is 0 Å². The zero-order valence-electron chi connectivity index (χ0n) is 17.6. The van der Waals surface area contributed by atoms with Gasteiger partial charge >= 0.3 is 0 Å². The lowest BCUT2D eigenvalue weighted by Crippen LogP contribution is -2.38. The van der Waals surface area contributed by atoms with Crippen LogP contribution in [0.5, 0.6) is 0 Å². The molecule has 3 rings (SSSR count). The molecule has 1 saturated carbocycles. The minimum atomic E-state index is -3.84. The summed E-state index contributed by atoms with van der Waals surface area (Å²) in [5, 5.41) is 6.10. The lowest BCUT2D eigenvalue weighted by atomic mass is 9.95. The van der Waals surface area contributed by atoms with Gasteiger partial charge in [0.25, 0.3) is 5.91 Å². The molecule has 0 unspecified atom stereocenters. The summed E-state index contributed by atoms with van der Waals surface area (Å²) in [6, 6.07) is 11.1. The third-order valence-corrected chi connectivity index (χ3v) is 6.93. The van der Waals surface area contributed by atoms with E-state index in [0.717, 1.165) is 36.2 Å². The van der Waals surface area contributed by atoms with Crippen LogP contribution < -0.4 is 14.9 Å². The van der Waals surface area contributed by atoms with Crippen molar-refractivity contribution in [1.82, 2.24) is 5.32 Å². The van der Waals surface area contributed by atoms with E-state index < -0.39 is 22.5 Å². The molecule has 0 spiro atoms. The molecule has 0 radical (unpaired) electrons. The molecule has 2 N–H and O–H groups in total. The van der Waals surface area contributed by atoms with E-state index >= 15 is 0 Å². The van der Waals surface area contributed by atoms with Gasteiger partial charge in [-0.2, -0.15) is 0 Å². The maximum absolute atomic E-state index is 12.8. The van der Waals surface area contributed by atoms with E-state index in [4.69, 9.17) is 23.2 Å². The zero-order valence-corrected chi connectivity index (χ0v) is 19.9. The largest absolute Gasteiger partial charge is 0.349 e. The predicted molar refractivity (Wildman–Crippen MR) is 128 cm³/mol. The molecule has 0 heterocycles. The summed E-state index contributed by atoms with van der Waals surface area (Å²) in [6.45, 7) is -0.530. The first-order valence-corrected chi connectivity index (χ1v) is 12.9. The van der Waals surface area contributed by atoms with Crippen molar-refractivity contribution in [3.05, 3.63) is 58.1 Å². The van der Waals surface area contributed by atoms with Crippen LogP contribution in [0.2, 0.25) is 10.0 Å². The van der Waals surface area contributed by atoms with Crippen LogP contribution in [0.25, 0.3) is 0 Å².